The molecule has 1 nitrogen and oxygen atoms in total. The lowest BCUT2D eigenvalue weighted by Crippen LogP contribution is -2.21. The predicted molar refractivity (Wildman–Crippen MR) is 65.8 cm³/mol. The van der Waals surface area contributed by atoms with Gasteiger partial charge in [-0.05, 0) is 6.42 Å². The van der Waals surface area contributed by atoms with Crippen molar-refractivity contribution in [2.75, 3.05) is 0 Å². The third-order valence-corrected chi connectivity index (χ3v) is 2.34. The van der Waals surface area contributed by atoms with Crippen molar-refractivity contribution in [1.29, 1.82) is 0 Å². The fourth-order valence-corrected chi connectivity index (χ4v) is 1.11. The first kappa shape index (κ1) is 13.4. The fourth-order valence-electron chi connectivity index (χ4n) is 1.11. The molecule has 0 aromatic heterocycles. The Morgan fingerprint density at radius 3 is 1.64 bits per heavy atom. The van der Waals surface area contributed by atoms with E-state index >= 15 is 0 Å². The highest BCUT2D eigenvalue weighted by molar-refractivity contribution is 5.89. The van der Waals surface area contributed by atoms with Crippen LogP contribution in [0, 0.1) is 10.8 Å². The van der Waals surface area contributed by atoms with E-state index in [0.29, 0.717) is 0 Å². The highest BCUT2D eigenvalue weighted by Crippen LogP contribution is 2.27. The molecule has 0 bridgehead atoms. The summed E-state index contributed by atoms with van der Waals surface area (Å²) in [7, 11) is 0. The highest BCUT2D eigenvalue weighted by atomic mass is 14.8. The normalized spacial score (nSPS) is 14.4. The molecule has 0 saturated carbocycles. The van der Waals surface area contributed by atoms with E-state index in [4.69, 9.17) is 0 Å². The number of rotatable bonds is 2. The highest BCUT2D eigenvalue weighted by Gasteiger charge is 2.20. The van der Waals surface area contributed by atoms with Crippen LogP contribution >= 0.6 is 0 Å². The molecule has 0 spiro atoms. The maximum atomic E-state index is 4.66. The minimum Gasteiger partial charge on any atom is -0.262 e. The van der Waals surface area contributed by atoms with Crippen molar-refractivity contribution in [1.82, 2.24) is 0 Å². The SMILES string of the molecule is C=C(/N=C(\CC)C(C)(C)C)C(C)(C)C. The third kappa shape index (κ3) is 4.08. The molecule has 0 aromatic carbocycles. The van der Waals surface area contributed by atoms with Crippen LogP contribution in [0.3, 0.4) is 0 Å². The summed E-state index contributed by atoms with van der Waals surface area (Å²) in [5, 5.41) is 0. The number of hydrogen-bond donors (Lipinski definition) is 0. The fraction of sp³-hybridized carbons (Fsp3) is 0.769. The van der Waals surface area contributed by atoms with E-state index in [2.05, 4.69) is 60.0 Å². The Morgan fingerprint density at radius 1 is 1.00 bits per heavy atom. The number of allylic oxidation sites excluding steroid dienone is 1. The molecule has 0 atom stereocenters. The second-order valence-corrected chi connectivity index (χ2v) is 5.86. The van der Waals surface area contributed by atoms with E-state index in [1.807, 2.05) is 0 Å². The van der Waals surface area contributed by atoms with Crippen LogP contribution in [-0.4, -0.2) is 5.71 Å². The van der Waals surface area contributed by atoms with Gasteiger partial charge >= 0.3 is 0 Å². The summed E-state index contributed by atoms with van der Waals surface area (Å²) in [6.07, 6.45) is 0.999. The summed E-state index contributed by atoms with van der Waals surface area (Å²) >= 11 is 0. The summed E-state index contributed by atoms with van der Waals surface area (Å²) in [6.45, 7) is 19.2. The van der Waals surface area contributed by atoms with E-state index in [-0.39, 0.29) is 10.8 Å². The van der Waals surface area contributed by atoms with Gasteiger partial charge in [-0.25, -0.2) is 0 Å². The van der Waals surface area contributed by atoms with Crippen molar-refractivity contribution in [3.8, 4) is 0 Å². The van der Waals surface area contributed by atoms with Crippen LogP contribution in [0.1, 0.15) is 54.9 Å². The van der Waals surface area contributed by atoms with Gasteiger partial charge in [0.25, 0.3) is 0 Å². The second kappa shape index (κ2) is 4.29. The first-order chi connectivity index (χ1) is 6.09. The van der Waals surface area contributed by atoms with Crippen LogP contribution in [0.4, 0.5) is 0 Å². The van der Waals surface area contributed by atoms with Crippen LogP contribution in [0.15, 0.2) is 17.3 Å². The standard InChI is InChI=1S/C13H25N/c1-9-11(13(6,7)8)14-10(2)12(3,4)5/h2,9H2,1,3-8H3/b14-11+. The van der Waals surface area contributed by atoms with Crippen molar-refractivity contribution in [3.63, 3.8) is 0 Å². The molecule has 1 heteroatoms. The molecule has 0 N–H and O–H groups in total. The maximum Gasteiger partial charge on any atom is 0.0385 e. The van der Waals surface area contributed by atoms with E-state index in [0.717, 1.165) is 12.1 Å². The lowest BCUT2D eigenvalue weighted by molar-refractivity contribution is 0.495. The Balaban J connectivity index is 4.89. The van der Waals surface area contributed by atoms with Crippen LogP contribution in [0.2, 0.25) is 0 Å². The van der Waals surface area contributed by atoms with Gasteiger partial charge in [-0.1, -0.05) is 55.0 Å². The molecular weight excluding hydrogens is 170 g/mol. The van der Waals surface area contributed by atoms with E-state index in [1.165, 1.54) is 5.71 Å². The van der Waals surface area contributed by atoms with Crippen LogP contribution in [0.5, 0.6) is 0 Å². The number of aliphatic imine (C=N–C) groups is 1. The maximum absolute atomic E-state index is 4.66. The van der Waals surface area contributed by atoms with Gasteiger partial charge in [-0.15, -0.1) is 0 Å². The average molecular weight is 195 g/mol. The van der Waals surface area contributed by atoms with Gasteiger partial charge < -0.3 is 0 Å². The lowest BCUT2D eigenvalue weighted by atomic mass is 9.87. The predicted octanol–water partition coefficient (Wildman–Crippen LogP) is 4.44. The van der Waals surface area contributed by atoms with Crippen molar-refractivity contribution in [2.45, 2.75) is 54.9 Å². The molecule has 0 saturated heterocycles. The van der Waals surface area contributed by atoms with Gasteiger partial charge in [0.15, 0.2) is 0 Å². The molecule has 0 aromatic rings. The van der Waals surface area contributed by atoms with Crippen LogP contribution in [-0.2, 0) is 0 Å². The molecule has 0 unspecified atom stereocenters. The molecule has 0 radical (unpaired) electrons. The topological polar surface area (TPSA) is 12.4 Å². The van der Waals surface area contributed by atoms with Crippen molar-refractivity contribution >= 4 is 5.71 Å². The zero-order valence-corrected chi connectivity index (χ0v) is 10.9. The Labute approximate surface area is 89.3 Å². The van der Waals surface area contributed by atoms with Crippen molar-refractivity contribution in [2.24, 2.45) is 15.8 Å². The molecule has 0 amide bonds. The van der Waals surface area contributed by atoms with Gasteiger partial charge in [0, 0.05) is 22.2 Å². The second-order valence-electron chi connectivity index (χ2n) is 5.86. The monoisotopic (exact) mass is 195 g/mol. The smallest absolute Gasteiger partial charge is 0.0385 e. The molecule has 0 heterocycles. The summed E-state index contributed by atoms with van der Waals surface area (Å²) < 4.78 is 0. The zero-order valence-electron chi connectivity index (χ0n) is 10.9. The summed E-state index contributed by atoms with van der Waals surface area (Å²) in [5.74, 6) is 0. The molecule has 14 heavy (non-hydrogen) atoms. The molecule has 0 aliphatic heterocycles. The van der Waals surface area contributed by atoms with Gasteiger partial charge in [-0.3, -0.25) is 4.99 Å². The van der Waals surface area contributed by atoms with Gasteiger partial charge in [0.2, 0.25) is 0 Å². The molecule has 0 fully saturated rings. The minimum absolute atomic E-state index is 0.0751. The summed E-state index contributed by atoms with van der Waals surface area (Å²) in [5.41, 5.74) is 2.44. The minimum atomic E-state index is 0.0751. The Hall–Kier alpha value is -0.590. The van der Waals surface area contributed by atoms with E-state index in [1.54, 1.807) is 0 Å². The van der Waals surface area contributed by atoms with Crippen LogP contribution < -0.4 is 0 Å². The molecule has 0 rings (SSSR count). The van der Waals surface area contributed by atoms with Gasteiger partial charge in [0.1, 0.15) is 0 Å². The van der Waals surface area contributed by atoms with Crippen molar-refractivity contribution < 1.29 is 0 Å². The Kier molecular flexibility index (Phi) is 4.11. The Morgan fingerprint density at radius 2 is 1.43 bits per heavy atom. The molecule has 82 valence electrons. The molecular formula is C13H25N. The summed E-state index contributed by atoms with van der Waals surface area (Å²) in [6, 6.07) is 0. The number of hydrogen-bond acceptors (Lipinski definition) is 1. The number of nitrogens with zero attached hydrogens (tertiary/aromatic N) is 1. The van der Waals surface area contributed by atoms with Crippen LogP contribution in [0.25, 0.3) is 0 Å². The van der Waals surface area contributed by atoms with E-state index in [9.17, 15) is 0 Å². The van der Waals surface area contributed by atoms with Gasteiger partial charge in [0.05, 0.1) is 0 Å². The third-order valence-electron chi connectivity index (χ3n) is 2.34. The first-order valence-electron chi connectivity index (χ1n) is 5.36. The summed E-state index contributed by atoms with van der Waals surface area (Å²) in [4.78, 5) is 4.66. The Bertz CT molecular complexity index is 233. The molecule has 0 aliphatic carbocycles. The largest absolute Gasteiger partial charge is 0.262 e. The van der Waals surface area contributed by atoms with E-state index < -0.39 is 0 Å². The van der Waals surface area contributed by atoms with Crippen molar-refractivity contribution in [3.05, 3.63) is 12.3 Å². The molecule has 0 aliphatic rings. The van der Waals surface area contributed by atoms with Gasteiger partial charge in [-0.2, -0.15) is 0 Å². The average Bonchev–Trinajstić information content (AvgIpc) is 1.95. The first-order valence-corrected chi connectivity index (χ1v) is 5.36. The lowest BCUT2D eigenvalue weighted by Gasteiger charge is -2.24. The quantitative estimate of drug-likeness (QED) is 0.577. The zero-order chi connectivity index (χ0) is 11.6.